The Morgan fingerprint density at radius 3 is 2.48 bits per heavy atom. The summed E-state index contributed by atoms with van der Waals surface area (Å²) in [6.45, 7) is 2.95. The summed E-state index contributed by atoms with van der Waals surface area (Å²) in [6, 6.07) is 4.91. The third-order valence-corrected chi connectivity index (χ3v) is 4.75. The van der Waals surface area contributed by atoms with Gasteiger partial charge in [0.15, 0.2) is 5.76 Å². The van der Waals surface area contributed by atoms with Crippen LogP contribution in [0.1, 0.15) is 34.8 Å². The number of hydrogen-bond donors (Lipinski definition) is 2. The van der Waals surface area contributed by atoms with Gasteiger partial charge >= 0.3 is 5.97 Å². The van der Waals surface area contributed by atoms with Crippen molar-refractivity contribution in [3.8, 4) is 5.75 Å². The lowest BCUT2D eigenvalue weighted by atomic mass is 10.1. The Bertz CT molecular complexity index is 810. The molecule has 124 valence electrons. The lowest BCUT2D eigenvalue weighted by molar-refractivity contribution is 0.0692. The lowest BCUT2D eigenvalue weighted by Crippen LogP contribution is -2.27. The van der Waals surface area contributed by atoms with E-state index in [-0.39, 0.29) is 21.9 Å². The molecule has 0 aliphatic carbocycles. The summed E-state index contributed by atoms with van der Waals surface area (Å²) < 4.78 is 37.0. The van der Waals surface area contributed by atoms with E-state index in [9.17, 15) is 13.2 Å². The highest BCUT2D eigenvalue weighted by atomic mass is 32.2. The van der Waals surface area contributed by atoms with Gasteiger partial charge in [-0.3, -0.25) is 0 Å². The number of aromatic nitrogens is 1. The third-order valence-electron chi connectivity index (χ3n) is 3.20. The van der Waals surface area contributed by atoms with E-state index in [1.807, 2.05) is 0 Å². The minimum atomic E-state index is -3.85. The van der Waals surface area contributed by atoms with Gasteiger partial charge < -0.3 is 14.4 Å². The molecule has 1 aromatic carbocycles. The van der Waals surface area contributed by atoms with E-state index >= 15 is 0 Å². The van der Waals surface area contributed by atoms with Crippen molar-refractivity contribution in [1.82, 2.24) is 9.88 Å². The molecule has 23 heavy (non-hydrogen) atoms. The van der Waals surface area contributed by atoms with Crippen molar-refractivity contribution in [1.29, 1.82) is 0 Å². The van der Waals surface area contributed by atoms with Gasteiger partial charge in [-0.1, -0.05) is 5.16 Å². The van der Waals surface area contributed by atoms with Gasteiger partial charge in [-0.05, 0) is 38.1 Å². The predicted octanol–water partition coefficient (Wildman–Crippen LogP) is 1.73. The Balaban J connectivity index is 2.28. The molecule has 0 amide bonds. The number of aryl methyl sites for hydroxylation is 1. The second kappa shape index (κ2) is 6.39. The molecule has 1 unspecified atom stereocenters. The fourth-order valence-electron chi connectivity index (χ4n) is 2.05. The Kier molecular flexibility index (Phi) is 4.71. The van der Waals surface area contributed by atoms with Crippen LogP contribution in [0.3, 0.4) is 0 Å². The average molecular weight is 340 g/mol. The second-order valence-corrected chi connectivity index (χ2v) is 6.54. The summed E-state index contributed by atoms with van der Waals surface area (Å²) in [4.78, 5) is 11.2. The van der Waals surface area contributed by atoms with Gasteiger partial charge in [0.05, 0.1) is 23.7 Å². The van der Waals surface area contributed by atoms with Crippen molar-refractivity contribution in [3.05, 3.63) is 41.3 Å². The highest BCUT2D eigenvalue weighted by Gasteiger charge is 2.27. The molecule has 0 spiro atoms. The predicted molar refractivity (Wildman–Crippen MR) is 79.9 cm³/mol. The van der Waals surface area contributed by atoms with Gasteiger partial charge in [-0.25, -0.2) is 17.9 Å². The van der Waals surface area contributed by atoms with E-state index in [1.54, 1.807) is 0 Å². The first kappa shape index (κ1) is 17.0. The van der Waals surface area contributed by atoms with Crippen LogP contribution in [-0.4, -0.2) is 31.8 Å². The number of nitrogens with zero attached hydrogens (tertiary/aromatic N) is 1. The Morgan fingerprint density at radius 1 is 1.35 bits per heavy atom. The van der Waals surface area contributed by atoms with E-state index in [1.165, 1.54) is 45.2 Å². The molecule has 0 radical (unpaired) electrons. The summed E-state index contributed by atoms with van der Waals surface area (Å²) in [5.74, 6) is -0.752. The molecular formula is C14H16N2O6S. The van der Waals surface area contributed by atoms with Crippen molar-refractivity contribution < 1.29 is 27.6 Å². The smallest absolute Gasteiger partial charge is 0.341 e. The molecule has 1 atom stereocenters. The van der Waals surface area contributed by atoms with E-state index < -0.39 is 22.0 Å². The molecule has 0 bridgehead atoms. The van der Waals surface area contributed by atoms with Crippen LogP contribution in [0.5, 0.6) is 5.75 Å². The van der Waals surface area contributed by atoms with Crippen LogP contribution in [0.2, 0.25) is 0 Å². The second-order valence-electron chi connectivity index (χ2n) is 4.83. The number of carbonyl (C=O) groups is 1. The van der Waals surface area contributed by atoms with Crippen molar-refractivity contribution in [2.24, 2.45) is 0 Å². The van der Waals surface area contributed by atoms with Crippen LogP contribution in [0.15, 0.2) is 33.7 Å². The molecule has 2 aromatic rings. The summed E-state index contributed by atoms with van der Waals surface area (Å²) in [5.41, 5.74) is 0.0397. The largest absolute Gasteiger partial charge is 0.497 e. The number of rotatable bonds is 6. The van der Waals surface area contributed by atoms with Crippen LogP contribution in [-0.2, 0) is 10.0 Å². The van der Waals surface area contributed by atoms with Crippen LogP contribution in [0.25, 0.3) is 0 Å². The van der Waals surface area contributed by atoms with Gasteiger partial charge in [0, 0.05) is 0 Å². The topological polar surface area (TPSA) is 119 Å². The molecule has 9 heteroatoms. The zero-order chi connectivity index (χ0) is 17.2. The first-order chi connectivity index (χ1) is 10.8. The maximum absolute atomic E-state index is 12.3. The molecule has 2 rings (SSSR count). The summed E-state index contributed by atoms with van der Waals surface area (Å²) in [6.07, 6.45) is 0. The van der Waals surface area contributed by atoms with Crippen molar-refractivity contribution >= 4 is 16.0 Å². The summed E-state index contributed by atoms with van der Waals surface area (Å²) >= 11 is 0. The maximum atomic E-state index is 12.3. The van der Waals surface area contributed by atoms with Gasteiger partial charge in [0.1, 0.15) is 11.3 Å². The van der Waals surface area contributed by atoms with E-state index in [4.69, 9.17) is 14.4 Å². The molecule has 0 aliphatic heterocycles. The normalized spacial score (nSPS) is 12.8. The standard InChI is InChI=1S/C14H16N2O6S/c1-8-12(14(17)18)13(22-15-8)9(2)16-23(19,20)11-6-4-10(21-3)5-7-11/h4-7,9,16H,1-3H3,(H,17,18). The van der Waals surface area contributed by atoms with Crippen molar-refractivity contribution in [3.63, 3.8) is 0 Å². The summed E-state index contributed by atoms with van der Waals surface area (Å²) in [5, 5.41) is 12.7. The van der Waals surface area contributed by atoms with Crippen molar-refractivity contribution in [2.75, 3.05) is 7.11 Å². The maximum Gasteiger partial charge on any atom is 0.341 e. The SMILES string of the molecule is COc1ccc(S(=O)(=O)NC(C)c2onc(C)c2C(=O)O)cc1. The minimum Gasteiger partial charge on any atom is -0.497 e. The monoisotopic (exact) mass is 340 g/mol. The molecular weight excluding hydrogens is 324 g/mol. The number of hydrogen-bond acceptors (Lipinski definition) is 6. The molecule has 2 N–H and O–H groups in total. The van der Waals surface area contributed by atoms with Crippen LogP contribution in [0, 0.1) is 6.92 Å². The van der Waals surface area contributed by atoms with Crippen molar-refractivity contribution in [2.45, 2.75) is 24.8 Å². The number of benzene rings is 1. The zero-order valence-corrected chi connectivity index (χ0v) is 13.5. The van der Waals surface area contributed by atoms with E-state index in [0.29, 0.717) is 5.75 Å². The first-order valence-electron chi connectivity index (χ1n) is 6.62. The molecule has 0 aliphatic rings. The molecule has 1 heterocycles. The van der Waals surface area contributed by atoms with E-state index in [0.717, 1.165) is 0 Å². The minimum absolute atomic E-state index is 0.0262. The quantitative estimate of drug-likeness (QED) is 0.822. The van der Waals surface area contributed by atoms with Crippen LogP contribution < -0.4 is 9.46 Å². The zero-order valence-electron chi connectivity index (χ0n) is 12.7. The average Bonchev–Trinajstić information content (AvgIpc) is 2.89. The number of methoxy groups -OCH3 is 1. The number of ether oxygens (including phenoxy) is 1. The third kappa shape index (κ3) is 3.51. The van der Waals surface area contributed by atoms with Gasteiger partial charge in [-0.15, -0.1) is 0 Å². The summed E-state index contributed by atoms with van der Waals surface area (Å²) in [7, 11) is -2.38. The van der Waals surface area contributed by atoms with Gasteiger partial charge in [0.2, 0.25) is 10.0 Å². The van der Waals surface area contributed by atoms with Gasteiger partial charge in [-0.2, -0.15) is 0 Å². The highest BCUT2D eigenvalue weighted by molar-refractivity contribution is 7.89. The highest BCUT2D eigenvalue weighted by Crippen LogP contribution is 2.23. The van der Waals surface area contributed by atoms with Crippen LogP contribution in [0.4, 0.5) is 0 Å². The number of aromatic carboxylic acids is 1. The number of carboxylic acids is 1. The van der Waals surface area contributed by atoms with Crippen LogP contribution >= 0.6 is 0 Å². The molecule has 0 saturated carbocycles. The van der Waals surface area contributed by atoms with E-state index in [2.05, 4.69) is 9.88 Å². The molecule has 8 nitrogen and oxygen atoms in total. The molecule has 1 aromatic heterocycles. The fourth-order valence-corrected chi connectivity index (χ4v) is 3.26. The Hall–Kier alpha value is -2.39. The van der Waals surface area contributed by atoms with Gasteiger partial charge in [0.25, 0.3) is 0 Å². The number of sulfonamides is 1. The Morgan fingerprint density at radius 2 is 1.96 bits per heavy atom. The molecule has 0 fully saturated rings. The lowest BCUT2D eigenvalue weighted by Gasteiger charge is -2.12. The first-order valence-corrected chi connectivity index (χ1v) is 8.10. The molecule has 0 saturated heterocycles. The Labute approximate surface area is 133 Å². The fraction of sp³-hybridized carbons (Fsp3) is 0.286. The number of carboxylic acid groups (broad SMARTS) is 1. The number of nitrogens with one attached hydrogen (secondary N) is 1.